The van der Waals surface area contributed by atoms with E-state index in [4.69, 9.17) is 41.9 Å². The van der Waals surface area contributed by atoms with Crippen LogP contribution in [0, 0.1) is 5.82 Å². The summed E-state index contributed by atoms with van der Waals surface area (Å²) in [4.78, 5) is 3.91. The first-order valence-electron chi connectivity index (χ1n) is 12.2. The van der Waals surface area contributed by atoms with Gasteiger partial charge in [-0.2, -0.15) is 5.10 Å². The number of piperidine rings is 1. The number of aromatic nitrogens is 3. The second-order valence-electron chi connectivity index (χ2n) is 6.66. The lowest BCUT2D eigenvalue weighted by atomic mass is 10.1. The molecular formula is C21H20Cl2F3N5O. The van der Waals surface area contributed by atoms with Crippen LogP contribution in [0.5, 0.6) is 5.75 Å². The van der Waals surface area contributed by atoms with Crippen molar-refractivity contribution < 1.29 is 26.1 Å². The summed E-state index contributed by atoms with van der Waals surface area (Å²) in [7, 11) is 0. The third-order valence-corrected chi connectivity index (χ3v) is 5.28. The fraction of sp³-hybridized carbons (Fsp3) is 0.333. The highest BCUT2D eigenvalue weighted by Gasteiger charge is 2.31. The minimum atomic E-state index is -3.56. The molecule has 11 heteroatoms. The van der Waals surface area contributed by atoms with Gasteiger partial charge in [-0.3, -0.25) is 4.68 Å². The molecule has 170 valence electrons. The van der Waals surface area contributed by atoms with E-state index in [0.29, 0.717) is 0 Å². The maximum absolute atomic E-state index is 14.2. The SMILES string of the molecule is [2H]C1([2H])CC([2H])(n2cc(-c3cnc(N)c(OC([2H])(c4c(Cl)ccc(F)c4Cl)C(F)F)c3)cn2)CC([2H])([2H])N1. The first-order chi connectivity index (χ1) is 17.5. The van der Waals surface area contributed by atoms with Gasteiger partial charge in [-0.05, 0) is 44.0 Å². The molecule has 3 aromatic rings. The van der Waals surface area contributed by atoms with Crippen LogP contribution in [0.1, 0.15) is 38.7 Å². The number of ether oxygens (including phenoxy) is 1. The zero-order chi connectivity index (χ0) is 28.3. The van der Waals surface area contributed by atoms with Crippen molar-refractivity contribution in [3.05, 3.63) is 58.2 Å². The number of alkyl halides is 2. The molecule has 1 aliphatic heterocycles. The topological polar surface area (TPSA) is 78.0 Å². The number of halogens is 5. The number of nitrogens with zero attached hydrogens (tertiary/aromatic N) is 3. The van der Waals surface area contributed by atoms with Crippen LogP contribution < -0.4 is 15.8 Å². The Morgan fingerprint density at radius 3 is 2.75 bits per heavy atom. The minimum absolute atomic E-state index is 0.206. The average molecular weight is 492 g/mol. The van der Waals surface area contributed by atoms with Gasteiger partial charge in [0, 0.05) is 39.6 Å². The number of benzene rings is 1. The Morgan fingerprint density at radius 1 is 1.28 bits per heavy atom. The fourth-order valence-electron chi connectivity index (χ4n) is 3.00. The molecule has 2 aromatic heterocycles. The molecule has 0 saturated carbocycles. The Kier molecular flexibility index (Phi) is 4.83. The van der Waals surface area contributed by atoms with E-state index >= 15 is 0 Å². The van der Waals surface area contributed by atoms with Crippen molar-refractivity contribution in [1.29, 1.82) is 0 Å². The number of nitrogens with two attached hydrogens (primary N) is 1. The summed E-state index contributed by atoms with van der Waals surface area (Å²) in [6, 6.07) is 1.19. The molecule has 0 aliphatic carbocycles. The summed E-state index contributed by atoms with van der Waals surface area (Å²) in [5, 5.41) is 5.05. The molecular weight excluding hydrogens is 466 g/mol. The van der Waals surface area contributed by atoms with E-state index in [-0.39, 0.29) is 16.9 Å². The predicted molar refractivity (Wildman–Crippen MR) is 117 cm³/mol. The van der Waals surface area contributed by atoms with Crippen LogP contribution in [0.2, 0.25) is 10.0 Å². The third kappa shape index (κ3) is 4.65. The Balaban J connectivity index is 1.71. The summed E-state index contributed by atoms with van der Waals surface area (Å²) in [6.45, 7) is -4.38. The number of rotatable bonds is 6. The number of nitrogen functional groups attached to an aromatic ring is 1. The Labute approximate surface area is 200 Å². The molecule has 1 aliphatic rings. The van der Waals surface area contributed by atoms with Gasteiger partial charge in [0.15, 0.2) is 17.6 Å². The number of hydrogen-bond acceptors (Lipinski definition) is 5. The van der Waals surface area contributed by atoms with Crippen LogP contribution in [0.3, 0.4) is 0 Å². The first-order valence-corrected chi connectivity index (χ1v) is 9.93. The number of pyridine rings is 1. The molecule has 4 rings (SSSR count). The molecule has 1 fully saturated rings. The molecule has 1 unspecified atom stereocenters. The zero-order valence-corrected chi connectivity index (χ0v) is 17.7. The highest BCUT2D eigenvalue weighted by molar-refractivity contribution is 6.36. The van der Waals surface area contributed by atoms with Crippen LogP contribution in [0.15, 0.2) is 36.8 Å². The summed E-state index contributed by atoms with van der Waals surface area (Å²) >= 11 is 11.8. The smallest absolute Gasteiger partial charge is 0.279 e. The fourth-order valence-corrected chi connectivity index (χ4v) is 3.55. The molecule has 0 spiro atoms. The van der Waals surface area contributed by atoms with Crippen molar-refractivity contribution >= 4 is 29.0 Å². The molecule has 0 amide bonds. The largest absolute Gasteiger partial charge is 0.476 e. The normalized spacial score (nSPS) is 23.7. The van der Waals surface area contributed by atoms with Crippen molar-refractivity contribution in [2.24, 2.45) is 0 Å². The second kappa shape index (κ2) is 9.56. The molecule has 6 nitrogen and oxygen atoms in total. The molecule has 3 N–H and O–H groups in total. The lowest BCUT2D eigenvalue weighted by molar-refractivity contribution is 0.0107. The van der Waals surface area contributed by atoms with Gasteiger partial charge in [0.1, 0.15) is 5.82 Å². The van der Waals surface area contributed by atoms with Crippen LogP contribution >= 0.6 is 23.2 Å². The number of hydrogen-bond donors (Lipinski definition) is 2. The molecule has 3 heterocycles. The van der Waals surface area contributed by atoms with Gasteiger partial charge < -0.3 is 15.8 Å². The molecule has 1 saturated heterocycles. The van der Waals surface area contributed by atoms with E-state index in [1.165, 1.54) is 24.7 Å². The third-order valence-electron chi connectivity index (χ3n) is 4.59. The van der Waals surface area contributed by atoms with Crippen LogP contribution in [-0.2, 0) is 0 Å². The maximum Gasteiger partial charge on any atom is 0.279 e. The Hall–Kier alpha value is -2.49. The van der Waals surface area contributed by atoms with Crippen molar-refractivity contribution in [3.8, 4) is 16.9 Å². The second-order valence-corrected chi connectivity index (χ2v) is 7.45. The molecule has 0 bridgehead atoms. The van der Waals surface area contributed by atoms with Crippen molar-refractivity contribution in [1.82, 2.24) is 20.1 Å². The maximum atomic E-state index is 14.2. The highest BCUT2D eigenvalue weighted by atomic mass is 35.5. The van der Waals surface area contributed by atoms with E-state index in [2.05, 4.69) is 15.4 Å². The molecule has 0 radical (unpaired) electrons. The van der Waals surface area contributed by atoms with Crippen LogP contribution in [0.4, 0.5) is 19.0 Å². The van der Waals surface area contributed by atoms with E-state index in [1.54, 1.807) is 0 Å². The van der Waals surface area contributed by atoms with Crippen molar-refractivity contribution in [3.63, 3.8) is 0 Å². The van der Waals surface area contributed by atoms with Gasteiger partial charge in [-0.1, -0.05) is 23.2 Å². The van der Waals surface area contributed by atoms with Gasteiger partial charge >= 0.3 is 0 Å². The van der Waals surface area contributed by atoms with Gasteiger partial charge in [-0.25, -0.2) is 18.2 Å². The highest BCUT2D eigenvalue weighted by Crippen LogP contribution is 2.39. The van der Waals surface area contributed by atoms with E-state index in [9.17, 15) is 13.2 Å². The Bertz CT molecular complexity index is 1370. The van der Waals surface area contributed by atoms with Gasteiger partial charge in [0.2, 0.25) is 0 Å². The average Bonchev–Trinajstić information content (AvgIpc) is 3.27. The van der Waals surface area contributed by atoms with Crippen molar-refractivity contribution in [2.75, 3.05) is 18.7 Å². The summed E-state index contributed by atoms with van der Waals surface area (Å²) in [6.07, 6.45) is -3.80. The first kappa shape index (κ1) is 16.2. The minimum Gasteiger partial charge on any atom is -0.476 e. The molecule has 1 aromatic carbocycles. The van der Waals surface area contributed by atoms with Gasteiger partial charge in [0.05, 0.1) is 20.0 Å². The number of anilines is 1. The van der Waals surface area contributed by atoms with E-state index in [1.807, 2.05) is 0 Å². The van der Waals surface area contributed by atoms with E-state index in [0.717, 1.165) is 16.8 Å². The molecule has 32 heavy (non-hydrogen) atoms. The van der Waals surface area contributed by atoms with Crippen LogP contribution in [-0.4, -0.2) is 34.2 Å². The standard InChI is InChI=1S/C21H20Cl2F3N5O/c22-14-1-2-15(24)18(23)17(14)19(20(25)26)32-16-7-11(8-29-21(16)27)12-9-30-31(10-12)13-3-5-28-6-4-13/h1-2,7-10,13,19-20,28H,3-6H2,(H2,27,29)/i5D2,6D2,13D,19D. The number of nitrogens with one attached hydrogen (secondary N) is 1. The van der Waals surface area contributed by atoms with Crippen LogP contribution in [0.25, 0.3) is 11.1 Å². The summed E-state index contributed by atoms with van der Waals surface area (Å²) < 4.78 is 97.5. The zero-order valence-electron chi connectivity index (χ0n) is 22.2. The summed E-state index contributed by atoms with van der Waals surface area (Å²) in [5.74, 6) is -1.94. The van der Waals surface area contributed by atoms with Crippen molar-refractivity contribution in [2.45, 2.75) is 31.4 Å². The monoisotopic (exact) mass is 491 g/mol. The molecule has 1 atom stereocenters. The predicted octanol–water partition coefficient (Wildman–Crippen LogP) is 5.28. The van der Waals surface area contributed by atoms with Gasteiger partial charge in [-0.15, -0.1) is 0 Å². The summed E-state index contributed by atoms with van der Waals surface area (Å²) in [5.41, 5.74) is 5.50. The lowest BCUT2D eigenvalue weighted by Gasteiger charge is -2.22. The quantitative estimate of drug-likeness (QED) is 0.458. The lowest BCUT2D eigenvalue weighted by Crippen LogP contribution is -2.29. The van der Waals surface area contributed by atoms with E-state index < -0.39 is 71.5 Å². The van der Waals surface area contributed by atoms with Gasteiger partial charge in [0.25, 0.3) is 6.43 Å². The Morgan fingerprint density at radius 2 is 2.03 bits per heavy atom.